The molecule has 4 heterocycles. The van der Waals surface area contributed by atoms with E-state index in [2.05, 4.69) is 0 Å². The molecule has 4 saturated heterocycles. The zero-order valence-corrected chi connectivity index (χ0v) is 21.5. The number of hydrogen-bond donors (Lipinski definition) is 3. The molecular formula is C25H33NO11. The highest BCUT2D eigenvalue weighted by Gasteiger charge is 3.04. The lowest BCUT2D eigenvalue weighted by molar-refractivity contribution is -0.240. The van der Waals surface area contributed by atoms with Crippen molar-refractivity contribution < 1.29 is 53.1 Å². The van der Waals surface area contributed by atoms with E-state index >= 15 is 0 Å². The average Bonchev–Trinajstić information content (AvgIpc) is 3.51. The molecule has 6 fully saturated rings. The minimum Gasteiger partial charge on any atom is -0.459 e. The van der Waals surface area contributed by atoms with Gasteiger partial charge >= 0.3 is 23.9 Å². The molecule has 204 valence electrons. The number of nitrogens with two attached hydrogens (primary N) is 1. The molecule has 2 spiro atoms. The van der Waals surface area contributed by atoms with Gasteiger partial charge in [0.25, 0.3) is 0 Å². The summed E-state index contributed by atoms with van der Waals surface area (Å²) in [6.07, 6.45) is -7.21. The second-order valence-electron chi connectivity index (χ2n) is 12.9. The fourth-order valence-electron chi connectivity index (χ4n) is 8.70. The molecule has 12 atom stereocenters. The number of fused-ring (bicyclic) bond motifs is 1. The lowest BCUT2D eigenvalue weighted by Crippen LogP contribution is -2.67. The Morgan fingerprint density at radius 2 is 1.78 bits per heavy atom. The summed E-state index contributed by atoms with van der Waals surface area (Å²) in [5, 5.41) is 24.1. The third-order valence-electron chi connectivity index (χ3n) is 10.2. The number of esters is 4. The van der Waals surface area contributed by atoms with Gasteiger partial charge in [-0.3, -0.25) is 9.59 Å². The highest BCUT2D eigenvalue weighted by atomic mass is 16.8. The van der Waals surface area contributed by atoms with Crippen molar-refractivity contribution in [2.45, 2.75) is 95.9 Å². The van der Waals surface area contributed by atoms with Crippen molar-refractivity contribution in [3.8, 4) is 0 Å². The maximum absolute atomic E-state index is 13.7. The normalized spacial score (nSPS) is 51.8. The maximum atomic E-state index is 13.7. The molecule has 37 heavy (non-hydrogen) atoms. The second kappa shape index (κ2) is 6.83. The predicted octanol–water partition coefficient (Wildman–Crippen LogP) is -0.835. The molecule has 2 saturated carbocycles. The van der Waals surface area contributed by atoms with Crippen LogP contribution in [0.1, 0.15) is 48.0 Å². The van der Waals surface area contributed by atoms with Crippen molar-refractivity contribution in [3.63, 3.8) is 0 Å². The van der Waals surface area contributed by atoms with E-state index < -0.39 is 99.9 Å². The molecule has 0 bridgehead atoms. The summed E-state index contributed by atoms with van der Waals surface area (Å²) in [7, 11) is 0. The summed E-state index contributed by atoms with van der Waals surface area (Å²) in [6.45, 7) is 10.6. The predicted molar refractivity (Wildman–Crippen MR) is 119 cm³/mol. The Morgan fingerprint density at radius 1 is 1.14 bits per heavy atom. The van der Waals surface area contributed by atoms with Crippen molar-refractivity contribution in [3.05, 3.63) is 0 Å². The Morgan fingerprint density at radius 3 is 2.38 bits per heavy atom. The summed E-state index contributed by atoms with van der Waals surface area (Å²) in [5.74, 6) is -5.69. The standard InChI is InChI=1S/C25H33NO11/c1-8(2)12(26)17(29)35-15-18(30)36-20-22(15)10(21(4,5)6)7-11-23(22)13(27)14-24(32,9(3)16(28)34-14)25(23,37-20)19(31)33-11/h8-15,20,27,32H,7,26H2,1-6H3/t9-,10?,11?,12?,13+,14?,15+,20?,22?,23?,24-,25?/m1/s1. The van der Waals surface area contributed by atoms with Crippen molar-refractivity contribution >= 4 is 23.9 Å². The van der Waals surface area contributed by atoms with Crippen LogP contribution in [0.4, 0.5) is 0 Å². The van der Waals surface area contributed by atoms with Gasteiger partial charge in [-0.2, -0.15) is 0 Å². The van der Waals surface area contributed by atoms with Gasteiger partial charge < -0.3 is 39.6 Å². The van der Waals surface area contributed by atoms with Crippen LogP contribution in [0.2, 0.25) is 0 Å². The topological polar surface area (TPSA) is 181 Å². The smallest absolute Gasteiger partial charge is 0.350 e. The molecule has 8 unspecified atom stereocenters. The first-order chi connectivity index (χ1) is 17.1. The van der Waals surface area contributed by atoms with E-state index in [9.17, 15) is 29.4 Å². The number of carbonyl (C=O) groups is 4. The highest BCUT2D eigenvalue weighted by Crippen LogP contribution is 2.84. The molecule has 12 heteroatoms. The molecule has 6 rings (SSSR count). The third kappa shape index (κ3) is 2.22. The Labute approximate surface area is 213 Å². The lowest BCUT2D eigenvalue weighted by Gasteiger charge is -2.48. The van der Waals surface area contributed by atoms with E-state index in [4.69, 9.17) is 29.4 Å². The zero-order valence-electron chi connectivity index (χ0n) is 21.5. The van der Waals surface area contributed by atoms with E-state index in [-0.39, 0.29) is 12.3 Å². The molecule has 0 aromatic rings. The molecule has 0 aromatic carbocycles. The number of hydrogen-bond acceptors (Lipinski definition) is 12. The van der Waals surface area contributed by atoms with Crippen molar-refractivity contribution in [1.82, 2.24) is 0 Å². The minimum absolute atomic E-state index is 0.167. The second-order valence-corrected chi connectivity index (χ2v) is 12.9. The van der Waals surface area contributed by atoms with Gasteiger partial charge in [-0.15, -0.1) is 0 Å². The molecule has 12 nitrogen and oxygen atoms in total. The molecule has 2 aliphatic carbocycles. The van der Waals surface area contributed by atoms with Gasteiger partial charge in [0.1, 0.15) is 18.2 Å². The highest BCUT2D eigenvalue weighted by molar-refractivity contribution is 5.94. The molecule has 4 aliphatic heterocycles. The van der Waals surface area contributed by atoms with Crippen molar-refractivity contribution in [1.29, 1.82) is 0 Å². The Kier molecular flexibility index (Phi) is 4.62. The largest absolute Gasteiger partial charge is 0.459 e. The van der Waals surface area contributed by atoms with Crippen LogP contribution < -0.4 is 5.73 Å². The summed E-state index contributed by atoms with van der Waals surface area (Å²) in [4.78, 5) is 52.8. The summed E-state index contributed by atoms with van der Waals surface area (Å²) in [6, 6.07) is -1.06. The van der Waals surface area contributed by atoms with Crippen LogP contribution >= 0.6 is 0 Å². The van der Waals surface area contributed by atoms with Gasteiger partial charge in [-0.1, -0.05) is 34.6 Å². The number of aliphatic hydroxyl groups is 2. The van der Waals surface area contributed by atoms with E-state index in [1.54, 1.807) is 13.8 Å². The first-order valence-electron chi connectivity index (χ1n) is 12.7. The van der Waals surface area contributed by atoms with Crippen LogP contribution in [0, 0.1) is 34.0 Å². The fourth-order valence-corrected chi connectivity index (χ4v) is 8.70. The van der Waals surface area contributed by atoms with Crippen LogP contribution in [0.5, 0.6) is 0 Å². The minimum atomic E-state index is -2.32. The fraction of sp³-hybridized carbons (Fsp3) is 0.840. The van der Waals surface area contributed by atoms with Crippen molar-refractivity contribution in [2.75, 3.05) is 0 Å². The van der Waals surface area contributed by atoms with Gasteiger partial charge in [-0.25, -0.2) is 9.59 Å². The summed E-state index contributed by atoms with van der Waals surface area (Å²) >= 11 is 0. The maximum Gasteiger partial charge on any atom is 0.350 e. The molecule has 6 aliphatic rings. The van der Waals surface area contributed by atoms with Crippen molar-refractivity contribution in [2.24, 2.45) is 39.7 Å². The number of aliphatic hydroxyl groups excluding tert-OH is 1. The summed E-state index contributed by atoms with van der Waals surface area (Å²) in [5.41, 5.74) is -2.68. The van der Waals surface area contributed by atoms with Gasteiger partial charge in [0, 0.05) is 0 Å². The van der Waals surface area contributed by atoms with E-state index in [0.29, 0.717) is 0 Å². The third-order valence-corrected chi connectivity index (χ3v) is 10.2. The van der Waals surface area contributed by atoms with Gasteiger partial charge in [-0.05, 0) is 30.6 Å². The number of carbonyl (C=O) groups excluding carboxylic acids is 4. The van der Waals surface area contributed by atoms with Crippen LogP contribution in [0.15, 0.2) is 0 Å². The van der Waals surface area contributed by atoms with Crippen LogP contribution in [-0.2, 0) is 42.9 Å². The van der Waals surface area contributed by atoms with Gasteiger partial charge in [0.15, 0.2) is 11.7 Å². The monoisotopic (exact) mass is 523 g/mol. The van der Waals surface area contributed by atoms with Crippen LogP contribution in [-0.4, -0.2) is 82.0 Å². The molecule has 4 N–H and O–H groups in total. The Hall–Kier alpha value is -2.28. The van der Waals surface area contributed by atoms with Crippen LogP contribution in [0.25, 0.3) is 0 Å². The first kappa shape index (κ1) is 25.0. The zero-order chi connectivity index (χ0) is 27.2. The molecule has 0 amide bonds. The first-order valence-corrected chi connectivity index (χ1v) is 12.7. The SMILES string of the molecule is CC(C)C(N)C(=O)O[C@H]1C(=O)OC2OC34C(=O)OC5CC(C(C)(C)C)C21C53[C@@H](O)C1OC(=O)[C@@H](C)[C@@]14O. The van der Waals surface area contributed by atoms with Gasteiger partial charge in [0.2, 0.25) is 18.0 Å². The van der Waals surface area contributed by atoms with E-state index in [1.165, 1.54) is 6.92 Å². The van der Waals surface area contributed by atoms with E-state index in [0.717, 1.165) is 0 Å². The van der Waals surface area contributed by atoms with Crippen LogP contribution in [0.3, 0.4) is 0 Å². The van der Waals surface area contributed by atoms with Gasteiger partial charge in [0.05, 0.1) is 16.7 Å². The summed E-state index contributed by atoms with van der Waals surface area (Å²) < 4.78 is 29.0. The Balaban J connectivity index is 1.63. The average molecular weight is 524 g/mol. The Bertz CT molecular complexity index is 1130. The van der Waals surface area contributed by atoms with E-state index in [1.807, 2.05) is 20.8 Å². The quantitative estimate of drug-likeness (QED) is 0.309. The molecule has 0 radical (unpaired) electrons. The molecule has 0 aromatic heterocycles. The number of rotatable bonds is 3. The number of ether oxygens (including phenoxy) is 5. The molecular weight excluding hydrogens is 490 g/mol. The lowest BCUT2D eigenvalue weighted by atomic mass is 9.51.